The standard InChI is InChI=1S/C18H19N3O3S3/c1-21-17(22)15-13-8-5-9-14(13)26-16(15)20-18(21)25-11-10-19-27(23,24)12-6-3-2-4-7-12/h2-4,6-7,19H,5,8-11H2,1H3. The molecule has 3 aromatic rings. The molecule has 6 nitrogen and oxygen atoms in total. The van der Waals surface area contributed by atoms with Gasteiger partial charge in [0.25, 0.3) is 5.56 Å². The predicted octanol–water partition coefficient (Wildman–Crippen LogP) is 2.55. The van der Waals surface area contributed by atoms with E-state index < -0.39 is 10.0 Å². The molecule has 1 aromatic carbocycles. The molecule has 0 fully saturated rings. The zero-order chi connectivity index (χ0) is 19.0. The lowest BCUT2D eigenvalue weighted by Crippen LogP contribution is -2.26. The quantitative estimate of drug-likeness (QED) is 0.376. The fourth-order valence-electron chi connectivity index (χ4n) is 3.24. The number of hydrogen-bond acceptors (Lipinski definition) is 6. The molecule has 1 N–H and O–H groups in total. The van der Waals surface area contributed by atoms with Crippen LogP contribution in [0, 0.1) is 0 Å². The SMILES string of the molecule is Cn1c(SCCNS(=O)(=O)c2ccccc2)nc2sc3c(c2c1=O)CCC3. The van der Waals surface area contributed by atoms with Crippen molar-refractivity contribution in [2.24, 2.45) is 7.05 Å². The predicted molar refractivity (Wildman–Crippen MR) is 109 cm³/mol. The molecule has 0 aliphatic heterocycles. The Hall–Kier alpha value is -1.68. The first-order valence-electron chi connectivity index (χ1n) is 8.66. The highest BCUT2D eigenvalue weighted by Crippen LogP contribution is 2.35. The van der Waals surface area contributed by atoms with E-state index in [0.717, 1.165) is 29.5 Å². The van der Waals surface area contributed by atoms with Crippen LogP contribution in [0.3, 0.4) is 0 Å². The van der Waals surface area contributed by atoms with Gasteiger partial charge in [-0.2, -0.15) is 0 Å². The van der Waals surface area contributed by atoms with E-state index >= 15 is 0 Å². The van der Waals surface area contributed by atoms with Crippen molar-refractivity contribution in [3.05, 3.63) is 51.1 Å². The molecule has 9 heteroatoms. The highest BCUT2D eigenvalue weighted by Gasteiger charge is 2.22. The molecule has 0 saturated heterocycles. The highest BCUT2D eigenvalue weighted by atomic mass is 32.2. The number of thioether (sulfide) groups is 1. The maximum atomic E-state index is 12.8. The monoisotopic (exact) mass is 421 g/mol. The van der Waals surface area contributed by atoms with Gasteiger partial charge in [0.1, 0.15) is 4.83 Å². The van der Waals surface area contributed by atoms with Crippen molar-refractivity contribution in [1.29, 1.82) is 0 Å². The van der Waals surface area contributed by atoms with Gasteiger partial charge in [-0.3, -0.25) is 9.36 Å². The number of thiophene rings is 1. The second kappa shape index (κ2) is 7.38. The third-order valence-corrected chi connectivity index (χ3v) is 8.28. The molecule has 0 bridgehead atoms. The van der Waals surface area contributed by atoms with E-state index in [2.05, 4.69) is 9.71 Å². The summed E-state index contributed by atoms with van der Waals surface area (Å²) in [6, 6.07) is 8.28. The number of aryl methyl sites for hydroxylation is 2. The fraction of sp³-hybridized carbons (Fsp3) is 0.333. The smallest absolute Gasteiger partial charge is 0.262 e. The van der Waals surface area contributed by atoms with Gasteiger partial charge < -0.3 is 0 Å². The van der Waals surface area contributed by atoms with Crippen LogP contribution in [-0.2, 0) is 29.9 Å². The van der Waals surface area contributed by atoms with Crippen LogP contribution in [0.5, 0.6) is 0 Å². The lowest BCUT2D eigenvalue weighted by molar-refractivity contribution is 0.584. The Morgan fingerprint density at radius 1 is 1.26 bits per heavy atom. The van der Waals surface area contributed by atoms with E-state index in [1.807, 2.05) is 0 Å². The second-order valence-corrected chi connectivity index (χ2v) is 10.3. The summed E-state index contributed by atoms with van der Waals surface area (Å²) in [4.78, 5) is 19.7. The highest BCUT2D eigenvalue weighted by molar-refractivity contribution is 7.99. The van der Waals surface area contributed by atoms with Gasteiger partial charge in [-0.15, -0.1) is 11.3 Å². The summed E-state index contributed by atoms with van der Waals surface area (Å²) in [7, 11) is -1.79. The van der Waals surface area contributed by atoms with E-state index in [-0.39, 0.29) is 17.0 Å². The molecule has 0 amide bonds. The maximum absolute atomic E-state index is 12.8. The minimum atomic E-state index is -3.52. The molecule has 0 spiro atoms. The largest absolute Gasteiger partial charge is 0.290 e. The van der Waals surface area contributed by atoms with Gasteiger partial charge in [0.15, 0.2) is 5.16 Å². The van der Waals surface area contributed by atoms with Gasteiger partial charge in [0, 0.05) is 24.2 Å². The van der Waals surface area contributed by atoms with Gasteiger partial charge >= 0.3 is 0 Å². The van der Waals surface area contributed by atoms with Gasteiger partial charge in [0.05, 0.1) is 10.3 Å². The summed E-state index contributed by atoms with van der Waals surface area (Å²) in [5.41, 5.74) is 1.17. The number of fused-ring (bicyclic) bond motifs is 3. The number of benzene rings is 1. The first kappa shape index (κ1) is 18.7. The lowest BCUT2D eigenvalue weighted by Gasteiger charge is -2.09. The number of aromatic nitrogens is 2. The first-order valence-corrected chi connectivity index (χ1v) is 11.9. The van der Waals surface area contributed by atoms with Crippen LogP contribution in [0.15, 0.2) is 45.2 Å². The van der Waals surface area contributed by atoms with Crippen LogP contribution in [0.2, 0.25) is 0 Å². The summed E-state index contributed by atoms with van der Waals surface area (Å²) < 4.78 is 28.6. The van der Waals surface area contributed by atoms with Gasteiger partial charge in [-0.1, -0.05) is 30.0 Å². The molecule has 2 aromatic heterocycles. The molecule has 0 saturated carbocycles. The van der Waals surface area contributed by atoms with Crippen molar-refractivity contribution >= 4 is 43.3 Å². The van der Waals surface area contributed by atoms with Crippen LogP contribution in [-0.4, -0.2) is 30.3 Å². The van der Waals surface area contributed by atoms with Crippen molar-refractivity contribution in [3.8, 4) is 0 Å². The summed E-state index contributed by atoms with van der Waals surface area (Å²) >= 11 is 3.00. The molecule has 4 rings (SSSR count). The molecule has 27 heavy (non-hydrogen) atoms. The Kier molecular flexibility index (Phi) is 5.11. The third kappa shape index (κ3) is 3.56. The lowest BCUT2D eigenvalue weighted by atomic mass is 10.2. The minimum absolute atomic E-state index is 0.00762. The molecule has 1 aliphatic carbocycles. The molecular weight excluding hydrogens is 402 g/mol. The summed E-state index contributed by atoms with van der Waals surface area (Å²) in [5, 5.41) is 1.38. The number of nitrogens with zero attached hydrogens (tertiary/aromatic N) is 2. The van der Waals surface area contributed by atoms with Crippen molar-refractivity contribution < 1.29 is 8.42 Å². The average molecular weight is 422 g/mol. The summed E-state index contributed by atoms with van der Waals surface area (Å²) in [6.45, 7) is 0.261. The van der Waals surface area contributed by atoms with Crippen molar-refractivity contribution in [2.45, 2.75) is 29.3 Å². The van der Waals surface area contributed by atoms with Gasteiger partial charge in [0.2, 0.25) is 10.0 Å². The molecule has 1 aliphatic rings. The Morgan fingerprint density at radius 3 is 2.81 bits per heavy atom. The topological polar surface area (TPSA) is 81.1 Å². The number of sulfonamides is 1. The van der Waals surface area contributed by atoms with Crippen LogP contribution < -0.4 is 10.3 Å². The molecule has 142 valence electrons. The van der Waals surface area contributed by atoms with E-state index in [1.54, 1.807) is 53.3 Å². The van der Waals surface area contributed by atoms with Crippen molar-refractivity contribution in [2.75, 3.05) is 12.3 Å². The molecule has 0 atom stereocenters. The van der Waals surface area contributed by atoms with E-state index in [9.17, 15) is 13.2 Å². The van der Waals surface area contributed by atoms with E-state index in [4.69, 9.17) is 0 Å². The van der Waals surface area contributed by atoms with Crippen LogP contribution in [0.25, 0.3) is 10.2 Å². The Morgan fingerprint density at radius 2 is 2.04 bits per heavy atom. The third-order valence-electron chi connectivity index (χ3n) is 4.58. The van der Waals surface area contributed by atoms with Crippen molar-refractivity contribution in [3.63, 3.8) is 0 Å². The molecular formula is C18H19N3O3S3. The normalized spacial score (nSPS) is 14.0. The zero-order valence-electron chi connectivity index (χ0n) is 14.8. The maximum Gasteiger partial charge on any atom is 0.262 e. The van der Waals surface area contributed by atoms with E-state index in [0.29, 0.717) is 10.9 Å². The second-order valence-electron chi connectivity index (χ2n) is 6.36. The van der Waals surface area contributed by atoms with Gasteiger partial charge in [-0.25, -0.2) is 18.1 Å². The Labute approximate surface area is 165 Å². The average Bonchev–Trinajstić information content (AvgIpc) is 3.24. The minimum Gasteiger partial charge on any atom is -0.290 e. The number of rotatable bonds is 6. The first-order chi connectivity index (χ1) is 13.0. The van der Waals surface area contributed by atoms with Gasteiger partial charge in [-0.05, 0) is 37.0 Å². The Balaban J connectivity index is 1.47. The van der Waals surface area contributed by atoms with E-state index in [1.165, 1.54) is 22.2 Å². The molecule has 0 unspecified atom stereocenters. The van der Waals surface area contributed by atoms with Crippen LogP contribution in [0.1, 0.15) is 16.9 Å². The fourth-order valence-corrected chi connectivity index (χ4v) is 6.55. The van der Waals surface area contributed by atoms with Crippen LogP contribution >= 0.6 is 23.1 Å². The Bertz CT molecular complexity index is 1150. The number of hydrogen-bond donors (Lipinski definition) is 1. The van der Waals surface area contributed by atoms with Crippen LogP contribution in [0.4, 0.5) is 0 Å². The number of nitrogens with one attached hydrogen (secondary N) is 1. The zero-order valence-corrected chi connectivity index (χ0v) is 17.2. The summed E-state index contributed by atoms with van der Waals surface area (Å²) in [6.07, 6.45) is 3.10. The van der Waals surface area contributed by atoms with Crippen molar-refractivity contribution in [1.82, 2.24) is 14.3 Å². The molecule has 0 radical (unpaired) electrons. The molecule has 2 heterocycles. The summed E-state index contributed by atoms with van der Waals surface area (Å²) in [5.74, 6) is 0.489.